The molecule has 2 heterocycles. The van der Waals surface area contributed by atoms with Crippen LogP contribution in [0.4, 0.5) is 0 Å². The molecule has 0 aliphatic carbocycles. The fraction of sp³-hybridized carbons (Fsp3) is 0.455. The van der Waals surface area contributed by atoms with Crippen molar-refractivity contribution in [1.29, 1.82) is 0 Å². The molecule has 0 radical (unpaired) electrons. The summed E-state index contributed by atoms with van der Waals surface area (Å²) < 4.78 is 3.88. The van der Waals surface area contributed by atoms with E-state index in [2.05, 4.69) is 45.4 Å². The third kappa shape index (κ3) is 2.70. The van der Waals surface area contributed by atoms with Gasteiger partial charge in [0.2, 0.25) is 0 Å². The van der Waals surface area contributed by atoms with Crippen molar-refractivity contribution in [1.82, 2.24) is 24.6 Å². The van der Waals surface area contributed by atoms with Crippen LogP contribution in [0, 0.1) is 0 Å². The summed E-state index contributed by atoms with van der Waals surface area (Å²) in [6, 6.07) is 2.13. The van der Waals surface area contributed by atoms with Gasteiger partial charge in [-0.1, -0.05) is 0 Å². The average molecular weight is 219 g/mol. The Morgan fingerprint density at radius 1 is 1.38 bits per heavy atom. The highest BCUT2D eigenvalue weighted by atomic mass is 15.3. The number of rotatable bonds is 5. The molecule has 2 aromatic heterocycles. The van der Waals surface area contributed by atoms with Crippen molar-refractivity contribution in [2.75, 3.05) is 0 Å². The summed E-state index contributed by atoms with van der Waals surface area (Å²) in [6.07, 6.45) is 5.96. The SMILES string of the molecule is CCn1ccc(CNCc2ncn(C)n2)c1. The van der Waals surface area contributed by atoms with E-state index in [0.29, 0.717) is 6.54 Å². The third-order valence-corrected chi connectivity index (χ3v) is 2.44. The Bertz CT molecular complexity index is 443. The first-order valence-electron chi connectivity index (χ1n) is 5.48. The number of nitrogens with zero attached hydrogens (tertiary/aromatic N) is 4. The summed E-state index contributed by atoms with van der Waals surface area (Å²) in [7, 11) is 1.87. The topological polar surface area (TPSA) is 47.7 Å². The van der Waals surface area contributed by atoms with Gasteiger partial charge in [0.05, 0.1) is 6.54 Å². The first-order valence-corrected chi connectivity index (χ1v) is 5.48. The van der Waals surface area contributed by atoms with Gasteiger partial charge in [-0.25, -0.2) is 4.98 Å². The number of nitrogens with one attached hydrogen (secondary N) is 1. The Labute approximate surface area is 95.1 Å². The largest absolute Gasteiger partial charge is 0.354 e. The lowest BCUT2D eigenvalue weighted by atomic mass is 10.3. The summed E-state index contributed by atoms with van der Waals surface area (Å²) in [5, 5.41) is 7.52. The predicted molar refractivity (Wildman–Crippen MR) is 61.7 cm³/mol. The molecule has 0 bridgehead atoms. The molecule has 0 atom stereocenters. The van der Waals surface area contributed by atoms with Crippen LogP contribution in [0.25, 0.3) is 0 Å². The molecule has 5 heteroatoms. The van der Waals surface area contributed by atoms with Crippen molar-refractivity contribution in [3.8, 4) is 0 Å². The molecule has 86 valence electrons. The minimum Gasteiger partial charge on any atom is -0.354 e. The van der Waals surface area contributed by atoms with Crippen LogP contribution in [-0.2, 0) is 26.7 Å². The first-order chi connectivity index (χ1) is 7.78. The molecule has 0 aliphatic heterocycles. The van der Waals surface area contributed by atoms with E-state index in [0.717, 1.165) is 18.9 Å². The number of hydrogen-bond donors (Lipinski definition) is 1. The van der Waals surface area contributed by atoms with Crippen molar-refractivity contribution >= 4 is 0 Å². The maximum absolute atomic E-state index is 4.20. The Morgan fingerprint density at radius 2 is 2.25 bits per heavy atom. The van der Waals surface area contributed by atoms with Gasteiger partial charge < -0.3 is 9.88 Å². The van der Waals surface area contributed by atoms with E-state index in [-0.39, 0.29) is 0 Å². The van der Waals surface area contributed by atoms with Gasteiger partial charge in [0, 0.05) is 32.5 Å². The minimum absolute atomic E-state index is 0.706. The van der Waals surface area contributed by atoms with E-state index in [4.69, 9.17) is 0 Å². The predicted octanol–water partition coefficient (Wildman–Crippen LogP) is 0.926. The van der Waals surface area contributed by atoms with Gasteiger partial charge in [0.15, 0.2) is 5.82 Å². The molecule has 0 aliphatic rings. The molecule has 2 aromatic rings. The van der Waals surface area contributed by atoms with Crippen LogP contribution in [0.2, 0.25) is 0 Å². The summed E-state index contributed by atoms with van der Waals surface area (Å²) in [5.74, 6) is 0.831. The van der Waals surface area contributed by atoms with Gasteiger partial charge in [0.1, 0.15) is 6.33 Å². The normalized spacial score (nSPS) is 10.9. The lowest BCUT2D eigenvalue weighted by molar-refractivity contribution is 0.647. The van der Waals surface area contributed by atoms with Crippen molar-refractivity contribution in [3.63, 3.8) is 0 Å². The van der Waals surface area contributed by atoms with Gasteiger partial charge in [-0.15, -0.1) is 0 Å². The van der Waals surface area contributed by atoms with Gasteiger partial charge in [-0.05, 0) is 18.6 Å². The number of hydrogen-bond acceptors (Lipinski definition) is 3. The zero-order valence-corrected chi connectivity index (χ0v) is 9.72. The second-order valence-corrected chi connectivity index (χ2v) is 3.79. The van der Waals surface area contributed by atoms with E-state index in [1.807, 2.05) is 7.05 Å². The molecule has 5 nitrogen and oxygen atoms in total. The van der Waals surface area contributed by atoms with E-state index in [1.54, 1.807) is 11.0 Å². The Morgan fingerprint density at radius 3 is 2.88 bits per heavy atom. The molecule has 16 heavy (non-hydrogen) atoms. The van der Waals surface area contributed by atoms with Crippen molar-refractivity contribution in [3.05, 3.63) is 36.2 Å². The molecule has 0 amide bonds. The van der Waals surface area contributed by atoms with Gasteiger partial charge in [0.25, 0.3) is 0 Å². The standard InChI is InChI=1S/C11H17N5/c1-3-16-5-4-10(8-16)6-12-7-11-13-9-15(2)14-11/h4-5,8-9,12H,3,6-7H2,1-2H3. The summed E-state index contributed by atoms with van der Waals surface area (Å²) >= 11 is 0. The number of aromatic nitrogens is 4. The summed E-state index contributed by atoms with van der Waals surface area (Å²) in [6.45, 7) is 4.71. The molecule has 2 rings (SSSR count). The fourth-order valence-corrected chi connectivity index (χ4v) is 1.58. The van der Waals surface area contributed by atoms with Crippen molar-refractivity contribution < 1.29 is 0 Å². The van der Waals surface area contributed by atoms with Crippen LogP contribution in [0.5, 0.6) is 0 Å². The van der Waals surface area contributed by atoms with Gasteiger partial charge in [-0.2, -0.15) is 5.10 Å². The molecule has 0 saturated heterocycles. The quantitative estimate of drug-likeness (QED) is 0.813. The first kappa shape index (κ1) is 10.9. The molecular formula is C11H17N5. The smallest absolute Gasteiger partial charge is 0.164 e. The Hall–Kier alpha value is -1.62. The van der Waals surface area contributed by atoms with Crippen molar-refractivity contribution in [2.45, 2.75) is 26.6 Å². The van der Waals surface area contributed by atoms with Crippen LogP contribution >= 0.6 is 0 Å². The van der Waals surface area contributed by atoms with Gasteiger partial charge >= 0.3 is 0 Å². The zero-order valence-electron chi connectivity index (χ0n) is 9.72. The molecular weight excluding hydrogens is 202 g/mol. The monoisotopic (exact) mass is 219 g/mol. The Kier molecular flexibility index (Phi) is 3.36. The third-order valence-electron chi connectivity index (χ3n) is 2.44. The molecule has 1 N–H and O–H groups in total. The van der Waals surface area contributed by atoms with Crippen LogP contribution in [0.1, 0.15) is 18.3 Å². The van der Waals surface area contributed by atoms with E-state index in [1.165, 1.54) is 5.56 Å². The highest BCUT2D eigenvalue weighted by molar-refractivity contribution is 5.09. The lowest BCUT2D eigenvalue weighted by Crippen LogP contribution is -2.13. The van der Waals surface area contributed by atoms with Crippen LogP contribution in [-0.4, -0.2) is 19.3 Å². The summed E-state index contributed by atoms with van der Waals surface area (Å²) in [4.78, 5) is 4.15. The molecule has 0 spiro atoms. The molecule has 0 saturated carbocycles. The van der Waals surface area contributed by atoms with Gasteiger partial charge in [-0.3, -0.25) is 4.68 Å². The lowest BCUT2D eigenvalue weighted by Gasteiger charge is -1.99. The minimum atomic E-state index is 0.706. The summed E-state index contributed by atoms with van der Waals surface area (Å²) in [5.41, 5.74) is 1.29. The van der Waals surface area contributed by atoms with Crippen molar-refractivity contribution in [2.24, 2.45) is 7.05 Å². The molecule has 0 aromatic carbocycles. The van der Waals surface area contributed by atoms with Crippen LogP contribution < -0.4 is 5.32 Å². The highest BCUT2D eigenvalue weighted by Gasteiger charge is 1.99. The second kappa shape index (κ2) is 4.94. The van der Waals surface area contributed by atoms with E-state index >= 15 is 0 Å². The second-order valence-electron chi connectivity index (χ2n) is 3.79. The number of aryl methyl sites for hydroxylation is 2. The Balaban J connectivity index is 1.79. The van der Waals surface area contributed by atoms with E-state index < -0.39 is 0 Å². The molecule has 0 fully saturated rings. The van der Waals surface area contributed by atoms with Crippen LogP contribution in [0.15, 0.2) is 24.8 Å². The fourth-order valence-electron chi connectivity index (χ4n) is 1.58. The highest BCUT2D eigenvalue weighted by Crippen LogP contribution is 2.00. The maximum atomic E-state index is 4.20. The molecule has 0 unspecified atom stereocenters. The maximum Gasteiger partial charge on any atom is 0.164 e. The average Bonchev–Trinajstić information content (AvgIpc) is 2.88. The zero-order chi connectivity index (χ0) is 11.4. The van der Waals surface area contributed by atoms with E-state index in [9.17, 15) is 0 Å². The van der Waals surface area contributed by atoms with Crippen LogP contribution in [0.3, 0.4) is 0 Å².